The topological polar surface area (TPSA) is 99.0 Å². The van der Waals surface area contributed by atoms with Gasteiger partial charge in [-0.25, -0.2) is 4.79 Å². The predicted octanol–water partition coefficient (Wildman–Crippen LogP) is 2.55. The number of aryl methyl sites for hydroxylation is 1. The van der Waals surface area contributed by atoms with Crippen molar-refractivity contribution < 1.29 is 14.3 Å². The SMILES string of the molecule is Cc1ccc(Cl)cc1NC(=O)COC(=O)Cn1nnc(-c2cccs2)n1. The van der Waals surface area contributed by atoms with E-state index in [0.29, 0.717) is 16.5 Å². The van der Waals surface area contributed by atoms with E-state index in [1.165, 1.54) is 11.3 Å². The van der Waals surface area contributed by atoms with Crippen molar-refractivity contribution in [2.24, 2.45) is 0 Å². The fourth-order valence-corrected chi connectivity index (χ4v) is 2.86. The number of anilines is 1. The zero-order valence-corrected chi connectivity index (χ0v) is 15.3. The van der Waals surface area contributed by atoms with Crippen molar-refractivity contribution in [3.63, 3.8) is 0 Å². The summed E-state index contributed by atoms with van der Waals surface area (Å²) in [4.78, 5) is 25.7. The normalized spacial score (nSPS) is 10.5. The van der Waals surface area contributed by atoms with E-state index in [9.17, 15) is 9.59 Å². The summed E-state index contributed by atoms with van der Waals surface area (Å²) in [5.74, 6) is -0.672. The number of carbonyl (C=O) groups excluding carboxylic acids is 2. The molecular weight excluding hydrogens is 378 g/mol. The van der Waals surface area contributed by atoms with Gasteiger partial charge in [-0.3, -0.25) is 4.79 Å². The van der Waals surface area contributed by atoms with Crippen LogP contribution in [0.3, 0.4) is 0 Å². The molecule has 1 aromatic carbocycles. The minimum absolute atomic E-state index is 0.234. The van der Waals surface area contributed by atoms with Gasteiger partial charge in [0, 0.05) is 10.7 Å². The van der Waals surface area contributed by atoms with Gasteiger partial charge in [0.2, 0.25) is 5.82 Å². The highest BCUT2D eigenvalue weighted by Crippen LogP contribution is 2.20. The van der Waals surface area contributed by atoms with Crippen molar-refractivity contribution in [2.75, 3.05) is 11.9 Å². The summed E-state index contributed by atoms with van der Waals surface area (Å²) in [6.07, 6.45) is 0. The van der Waals surface area contributed by atoms with E-state index in [0.717, 1.165) is 15.2 Å². The summed E-state index contributed by atoms with van der Waals surface area (Å²) in [7, 11) is 0. The van der Waals surface area contributed by atoms with Crippen LogP contribution in [-0.2, 0) is 20.9 Å². The first-order valence-corrected chi connectivity index (χ1v) is 8.80. The number of ether oxygens (including phenoxy) is 1. The molecule has 0 atom stereocenters. The van der Waals surface area contributed by atoms with Gasteiger partial charge in [-0.1, -0.05) is 23.7 Å². The van der Waals surface area contributed by atoms with Crippen molar-refractivity contribution in [3.05, 3.63) is 46.3 Å². The molecular formula is C16H14ClN5O3S. The second kappa shape index (κ2) is 8.07. The van der Waals surface area contributed by atoms with Crippen LogP contribution in [0.4, 0.5) is 5.69 Å². The average Bonchev–Trinajstić information content (AvgIpc) is 3.28. The quantitative estimate of drug-likeness (QED) is 0.648. The van der Waals surface area contributed by atoms with E-state index >= 15 is 0 Å². The predicted molar refractivity (Wildman–Crippen MR) is 96.9 cm³/mol. The van der Waals surface area contributed by atoms with Crippen LogP contribution in [0.5, 0.6) is 0 Å². The van der Waals surface area contributed by atoms with Gasteiger partial charge in [0.05, 0.1) is 4.88 Å². The number of halogens is 1. The number of hydrogen-bond donors (Lipinski definition) is 1. The fourth-order valence-electron chi connectivity index (χ4n) is 2.04. The summed E-state index contributed by atoms with van der Waals surface area (Å²) in [5, 5.41) is 16.8. The van der Waals surface area contributed by atoms with Crippen LogP contribution in [0.25, 0.3) is 10.7 Å². The Balaban J connectivity index is 1.49. The molecule has 0 aliphatic rings. The number of aromatic nitrogens is 4. The molecule has 134 valence electrons. The number of rotatable bonds is 6. The molecule has 0 bridgehead atoms. The van der Waals surface area contributed by atoms with Crippen molar-refractivity contribution in [1.82, 2.24) is 20.2 Å². The van der Waals surface area contributed by atoms with Crippen molar-refractivity contribution >= 4 is 40.5 Å². The molecule has 2 aromatic heterocycles. The Morgan fingerprint density at radius 3 is 2.96 bits per heavy atom. The maximum absolute atomic E-state index is 11.9. The minimum Gasteiger partial charge on any atom is -0.454 e. The van der Waals surface area contributed by atoms with E-state index in [-0.39, 0.29) is 6.54 Å². The molecule has 0 saturated carbocycles. The molecule has 0 aliphatic carbocycles. The molecule has 0 aliphatic heterocycles. The lowest BCUT2D eigenvalue weighted by Crippen LogP contribution is -2.24. The zero-order chi connectivity index (χ0) is 18.5. The van der Waals surface area contributed by atoms with E-state index in [4.69, 9.17) is 16.3 Å². The lowest BCUT2D eigenvalue weighted by atomic mass is 10.2. The molecule has 26 heavy (non-hydrogen) atoms. The average molecular weight is 392 g/mol. The van der Waals surface area contributed by atoms with Gasteiger partial charge >= 0.3 is 5.97 Å². The third kappa shape index (κ3) is 4.64. The number of nitrogens with one attached hydrogen (secondary N) is 1. The van der Waals surface area contributed by atoms with E-state index < -0.39 is 18.5 Å². The summed E-state index contributed by atoms with van der Waals surface area (Å²) in [5.41, 5.74) is 1.42. The fraction of sp³-hybridized carbons (Fsp3) is 0.188. The van der Waals surface area contributed by atoms with Crippen LogP contribution in [0.1, 0.15) is 5.56 Å². The van der Waals surface area contributed by atoms with Gasteiger partial charge < -0.3 is 10.1 Å². The Bertz CT molecular complexity index is 926. The van der Waals surface area contributed by atoms with Gasteiger partial charge in [-0.15, -0.1) is 21.5 Å². The van der Waals surface area contributed by atoms with Crippen LogP contribution < -0.4 is 5.32 Å². The molecule has 2 heterocycles. The second-order valence-corrected chi connectivity index (χ2v) is 6.67. The number of hydrogen-bond acceptors (Lipinski definition) is 7. The lowest BCUT2D eigenvalue weighted by molar-refractivity contribution is -0.148. The highest BCUT2D eigenvalue weighted by Gasteiger charge is 2.13. The van der Waals surface area contributed by atoms with Crippen molar-refractivity contribution in [1.29, 1.82) is 0 Å². The first-order valence-electron chi connectivity index (χ1n) is 7.54. The van der Waals surface area contributed by atoms with Gasteiger partial charge in [-0.2, -0.15) is 4.80 Å². The number of benzene rings is 1. The Hall–Kier alpha value is -2.78. The first kappa shape index (κ1) is 18.0. The Morgan fingerprint density at radius 2 is 2.19 bits per heavy atom. The van der Waals surface area contributed by atoms with Gasteiger partial charge in [0.1, 0.15) is 0 Å². The standard InChI is InChI=1S/C16H14ClN5O3S/c1-10-4-5-11(17)7-12(10)18-14(23)9-25-15(24)8-22-20-16(19-21-22)13-3-2-6-26-13/h2-7H,8-9H2,1H3,(H,18,23). The Morgan fingerprint density at radius 1 is 1.35 bits per heavy atom. The van der Waals surface area contributed by atoms with Crippen molar-refractivity contribution in [2.45, 2.75) is 13.5 Å². The lowest BCUT2D eigenvalue weighted by Gasteiger charge is -2.09. The number of tetrazole rings is 1. The smallest absolute Gasteiger partial charge is 0.330 e. The molecule has 3 rings (SSSR count). The molecule has 0 unspecified atom stereocenters. The highest BCUT2D eigenvalue weighted by molar-refractivity contribution is 7.13. The van der Waals surface area contributed by atoms with E-state index in [1.54, 1.807) is 18.2 Å². The number of esters is 1. The molecule has 0 spiro atoms. The van der Waals surface area contributed by atoms with Crippen LogP contribution >= 0.6 is 22.9 Å². The Labute approximate surface area is 157 Å². The molecule has 1 amide bonds. The van der Waals surface area contributed by atoms with Gasteiger partial charge in [0.25, 0.3) is 5.91 Å². The number of carbonyl (C=O) groups is 2. The first-order chi connectivity index (χ1) is 12.5. The largest absolute Gasteiger partial charge is 0.454 e. The molecule has 8 nitrogen and oxygen atoms in total. The molecule has 1 N–H and O–H groups in total. The van der Waals surface area contributed by atoms with E-state index in [1.807, 2.05) is 24.4 Å². The summed E-state index contributed by atoms with van der Waals surface area (Å²) < 4.78 is 4.94. The van der Waals surface area contributed by atoms with Crippen LogP contribution in [0.15, 0.2) is 35.7 Å². The maximum Gasteiger partial charge on any atom is 0.330 e. The van der Waals surface area contributed by atoms with Crippen LogP contribution in [0, 0.1) is 6.92 Å². The third-order valence-corrected chi connectivity index (χ3v) is 4.40. The van der Waals surface area contributed by atoms with Gasteiger partial charge in [0.15, 0.2) is 13.2 Å². The zero-order valence-electron chi connectivity index (χ0n) is 13.7. The van der Waals surface area contributed by atoms with Crippen molar-refractivity contribution in [3.8, 4) is 10.7 Å². The molecule has 0 radical (unpaired) electrons. The molecule has 0 fully saturated rings. The number of nitrogens with zero attached hydrogens (tertiary/aromatic N) is 4. The van der Waals surface area contributed by atoms with Crippen LogP contribution in [0.2, 0.25) is 5.02 Å². The summed E-state index contributed by atoms with van der Waals surface area (Å²) >= 11 is 7.37. The molecule has 10 heteroatoms. The van der Waals surface area contributed by atoms with Crippen LogP contribution in [-0.4, -0.2) is 38.7 Å². The molecule has 0 saturated heterocycles. The van der Waals surface area contributed by atoms with Gasteiger partial charge in [-0.05, 0) is 41.3 Å². The minimum atomic E-state index is -0.641. The molecule has 3 aromatic rings. The monoisotopic (exact) mass is 391 g/mol. The van der Waals surface area contributed by atoms with E-state index in [2.05, 4.69) is 20.7 Å². The summed E-state index contributed by atoms with van der Waals surface area (Å²) in [6, 6.07) is 8.86. The third-order valence-electron chi connectivity index (χ3n) is 3.30. The summed E-state index contributed by atoms with van der Waals surface area (Å²) in [6.45, 7) is 1.18. The maximum atomic E-state index is 11.9. The highest BCUT2D eigenvalue weighted by atomic mass is 35.5. The second-order valence-electron chi connectivity index (χ2n) is 5.29. The number of thiophene rings is 1. The Kier molecular flexibility index (Phi) is 5.59. The number of amides is 1.